The second kappa shape index (κ2) is 45.4. The maximum absolute atomic E-state index is 12.7. The van der Waals surface area contributed by atoms with E-state index in [0.717, 1.165) is 182 Å². The van der Waals surface area contributed by atoms with E-state index in [1.165, 1.54) is 45.0 Å². The number of carbonyl (C=O) groups is 4. The lowest BCUT2D eigenvalue weighted by molar-refractivity contribution is -0.125. The van der Waals surface area contributed by atoms with Gasteiger partial charge in [-0.1, -0.05) is 101 Å². The summed E-state index contributed by atoms with van der Waals surface area (Å²) < 4.78 is 28.7. The van der Waals surface area contributed by atoms with Crippen molar-refractivity contribution in [2.45, 2.75) is 185 Å². The van der Waals surface area contributed by atoms with Crippen molar-refractivity contribution in [1.82, 2.24) is 58.1 Å². The van der Waals surface area contributed by atoms with Gasteiger partial charge in [-0.25, -0.2) is 19.9 Å². The fourth-order valence-corrected chi connectivity index (χ4v) is 17.1. The summed E-state index contributed by atoms with van der Waals surface area (Å²) in [6, 6.07) is 29.1. The van der Waals surface area contributed by atoms with E-state index in [1.807, 2.05) is 72.8 Å². The third-order valence-electron chi connectivity index (χ3n) is 25.8. The summed E-state index contributed by atoms with van der Waals surface area (Å²) in [5.41, 5.74) is 4.84. The lowest BCUT2D eigenvalue weighted by Gasteiger charge is -2.31. The highest BCUT2D eigenvalue weighted by Crippen LogP contribution is 2.37. The minimum absolute atomic E-state index is 0.0595. The molecule has 36 heteroatoms. The number of benzene rings is 4. The smallest absolute Gasteiger partial charge is 0.293 e. The third-order valence-corrected chi connectivity index (χ3v) is 26.9. The Morgan fingerprint density at radius 1 is 0.353 bits per heavy atom. The Hall–Kier alpha value is -12.5. The van der Waals surface area contributed by atoms with Crippen molar-refractivity contribution in [3.05, 3.63) is 183 Å². The van der Waals surface area contributed by atoms with Gasteiger partial charge >= 0.3 is 0 Å². The van der Waals surface area contributed by atoms with Crippen LogP contribution in [-0.4, -0.2) is 158 Å². The Morgan fingerprint density at radius 2 is 0.574 bits per heavy atom. The number of aromatic nitrogens is 12. The van der Waals surface area contributed by atoms with Crippen molar-refractivity contribution in [1.29, 1.82) is 0 Å². The van der Waals surface area contributed by atoms with Gasteiger partial charge in [0.15, 0.2) is 93.8 Å². The maximum Gasteiger partial charge on any atom is 0.293 e. The second-order valence-corrected chi connectivity index (χ2v) is 37.1. The van der Waals surface area contributed by atoms with Crippen LogP contribution in [0.3, 0.4) is 0 Å². The molecule has 16 rings (SSSR count). The molecular formula is C100H120Cl4N20O12. The highest BCUT2D eigenvalue weighted by atomic mass is 35.5. The van der Waals surface area contributed by atoms with Gasteiger partial charge in [0.1, 0.15) is 20.1 Å². The highest BCUT2D eigenvalue weighted by molar-refractivity contribution is 6.34. The monoisotopic (exact) mass is 1930 g/mol. The summed E-state index contributed by atoms with van der Waals surface area (Å²) >= 11 is 25.6. The van der Waals surface area contributed by atoms with E-state index < -0.39 is 24.4 Å². The molecule has 4 aliphatic heterocycles. The van der Waals surface area contributed by atoms with Crippen molar-refractivity contribution in [3.63, 3.8) is 0 Å². The molecule has 4 N–H and O–H groups in total. The number of ether oxygens (including phenoxy) is 4. The average molecular weight is 1940 g/mol. The summed E-state index contributed by atoms with van der Waals surface area (Å²) in [5, 5.41) is 18.0. The standard InChI is InChI=1S/C26H32ClN5O3.2C25H30ClN5O3.C24H28ClN5O3/c1-5-17-9-11-32(12-10-17)26-28-15-20(27)24(30-26)29-19-7-8-21-18(13-19)14-23(25(34)31(21)4)35-16(3)22(33)6-2;1-5-17-8-10-31(11-9-17)25-27-14-20(26)23(29-25)28-19-6-7-21-18(12-19)13-22(24(33)30(21)4)34-16(3)15(2)32;1-5-21(32)16(3)34-22-13-17-12-18(6-7-20(17)30(4)24(22)33)28-23-19(26)14-27-25(29-23)31-10-8-15(2)9-11-31;1-14-7-9-30(10-8-14)24-26-13-19(25)22(28-24)27-18-5-6-20-17(11-18)12-21(23(32)29(20)4)33-16(3)15(2)31/h7-8,13-17H,5-6,9-12H2,1-4H3,(H,28,29,30);6-7,12-14,16-17H,5,8-11H2,1-4H3,(H,27,28,29);6-7,12-16H,5,8-11H2,1-4H3,(H,27,28,29);5-6,11-14,16H,7-10H2,1-4H3,(H,26,27,28). The van der Waals surface area contributed by atoms with Gasteiger partial charge in [-0.15, -0.1) is 0 Å². The molecule has 0 radical (unpaired) electrons. The molecule has 0 spiro atoms. The minimum Gasteiger partial charge on any atom is -0.477 e. The lowest BCUT2D eigenvalue weighted by atomic mass is 9.95. The topological polar surface area (TPSA) is 357 Å². The number of pyridine rings is 4. The first-order chi connectivity index (χ1) is 65.0. The molecule has 4 aliphatic rings. The fraction of sp³-hybridized carbons (Fsp3) is 0.440. The number of nitrogens with one attached hydrogen (secondary N) is 4. The molecule has 8 aromatic heterocycles. The number of fused-ring (bicyclic) bond motifs is 4. The number of piperidine rings is 4. The van der Waals surface area contributed by atoms with Gasteiger partial charge in [0.05, 0.1) is 46.9 Å². The van der Waals surface area contributed by atoms with Crippen LogP contribution in [0.1, 0.15) is 160 Å². The first-order valence-electron chi connectivity index (χ1n) is 46.5. The van der Waals surface area contributed by atoms with Crippen LogP contribution in [0.4, 0.5) is 69.8 Å². The van der Waals surface area contributed by atoms with Gasteiger partial charge in [-0.2, -0.15) is 19.9 Å². The van der Waals surface area contributed by atoms with Gasteiger partial charge in [-0.05, 0) is 214 Å². The van der Waals surface area contributed by atoms with Crippen molar-refractivity contribution < 1.29 is 38.1 Å². The zero-order chi connectivity index (χ0) is 97.6. The first kappa shape index (κ1) is 101. The Labute approximate surface area is 810 Å². The first-order valence-corrected chi connectivity index (χ1v) is 48.0. The summed E-state index contributed by atoms with van der Waals surface area (Å²) in [6.45, 7) is 29.4. The molecule has 4 fully saturated rings. The van der Waals surface area contributed by atoms with E-state index in [2.05, 4.69) is 103 Å². The molecule has 0 aliphatic carbocycles. The zero-order valence-electron chi connectivity index (χ0n) is 79.9. The third kappa shape index (κ3) is 24.6. The number of hydrogen-bond donors (Lipinski definition) is 4. The van der Waals surface area contributed by atoms with Gasteiger partial charge < -0.3 is 78.1 Å². The second-order valence-electron chi connectivity index (χ2n) is 35.5. The van der Waals surface area contributed by atoms with Gasteiger partial charge in [0, 0.05) is 138 Å². The van der Waals surface area contributed by atoms with Crippen molar-refractivity contribution >= 4 is 183 Å². The van der Waals surface area contributed by atoms with Crippen LogP contribution in [0.15, 0.2) is 141 Å². The number of halogens is 4. The van der Waals surface area contributed by atoms with E-state index in [-0.39, 0.29) is 68.4 Å². The van der Waals surface area contributed by atoms with Crippen molar-refractivity contribution in [3.8, 4) is 23.0 Å². The average Bonchev–Trinajstić information content (AvgIpc) is 0.788. The molecule has 0 saturated carbocycles. The molecule has 4 atom stereocenters. The Bertz CT molecular complexity index is 6640. The highest BCUT2D eigenvalue weighted by Gasteiger charge is 2.28. The largest absolute Gasteiger partial charge is 0.477 e. The molecule has 4 aromatic carbocycles. The van der Waals surface area contributed by atoms with Crippen LogP contribution in [0.2, 0.25) is 20.1 Å². The quantitative estimate of drug-likeness (QED) is 0.0354. The number of anilines is 12. The van der Waals surface area contributed by atoms with Crippen molar-refractivity contribution in [2.75, 3.05) is 93.2 Å². The summed E-state index contributed by atoms with van der Waals surface area (Å²) in [4.78, 5) is 143. The van der Waals surface area contributed by atoms with Crippen LogP contribution < -0.4 is 82.1 Å². The SMILES string of the molecule is CC(=O)C(C)Oc1cc2cc(Nc3nc(N4CCC(C)CC4)ncc3Cl)ccc2n(C)c1=O.CCC(=O)C(C)Oc1cc2cc(Nc3nc(N4CCC(C)CC4)ncc3Cl)ccc2n(C)c1=O.CCC(=O)C(C)Oc1cc2cc(Nc3nc(N4CCC(CC)CC4)ncc3Cl)ccc2n(C)c1=O.CCC1CCN(c2ncc(Cl)c(Nc3ccc4c(c3)cc(OC(C)C(C)=O)c(=O)n4C)n2)CC1. The number of carbonyl (C=O) groups excluding carboxylic acids is 4. The molecule has 4 saturated heterocycles. The molecule has 0 amide bonds. The normalized spacial score (nSPS) is 15.4. The molecule has 32 nitrogen and oxygen atoms in total. The summed E-state index contributed by atoms with van der Waals surface area (Å²) in [5.74, 6) is 7.83. The lowest BCUT2D eigenvalue weighted by Crippen LogP contribution is -2.34. The van der Waals surface area contributed by atoms with E-state index in [1.54, 1.807) is 119 Å². The molecule has 12 aromatic rings. The number of Topliss-reactive ketones (excluding diaryl/α,β-unsaturated/α-hetero) is 4. The molecule has 720 valence electrons. The van der Waals surface area contributed by atoms with Gasteiger partial charge in [-0.3, -0.25) is 38.4 Å². The van der Waals surface area contributed by atoms with Crippen LogP contribution in [-0.2, 0) is 47.4 Å². The molecular weight excluding hydrogens is 1820 g/mol. The fourth-order valence-electron chi connectivity index (χ4n) is 16.5. The molecule has 0 bridgehead atoms. The summed E-state index contributed by atoms with van der Waals surface area (Å²) in [7, 11) is 6.73. The summed E-state index contributed by atoms with van der Waals surface area (Å²) in [6.07, 6.45) is 15.8. The van der Waals surface area contributed by atoms with Crippen molar-refractivity contribution in [2.24, 2.45) is 51.9 Å². The van der Waals surface area contributed by atoms with Crippen LogP contribution in [0.5, 0.6) is 23.0 Å². The number of ketones is 4. The Balaban J connectivity index is 0.000000153. The van der Waals surface area contributed by atoms with E-state index in [9.17, 15) is 38.4 Å². The predicted molar refractivity (Wildman–Crippen MR) is 542 cm³/mol. The van der Waals surface area contributed by atoms with Crippen LogP contribution in [0, 0.1) is 23.7 Å². The number of hydrogen-bond acceptors (Lipinski definition) is 28. The zero-order valence-corrected chi connectivity index (χ0v) is 82.9. The Morgan fingerprint density at radius 3 is 0.787 bits per heavy atom. The van der Waals surface area contributed by atoms with Crippen LogP contribution in [0.25, 0.3) is 43.6 Å². The molecule has 12 heterocycles. The number of aryl methyl sites for hydroxylation is 4. The number of nitrogens with zero attached hydrogens (tertiary/aromatic N) is 16. The van der Waals surface area contributed by atoms with Gasteiger partial charge in [0.2, 0.25) is 23.8 Å². The van der Waals surface area contributed by atoms with E-state index in [0.29, 0.717) is 91.8 Å². The van der Waals surface area contributed by atoms with Gasteiger partial charge in [0.25, 0.3) is 22.2 Å². The molecule has 4 unspecified atom stereocenters. The molecule has 136 heavy (non-hydrogen) atoms. The van der Waals surface area contributed by atoms with E-state index in [4.69, 9.17) is 70.3 Å². The number of rotatable bonds is 28. The maximum atomic E-state index is 12.7. The Kier molecular flexibility index (Phi) is 33.7. The predicted octanol–water partition coefficient (Wildman–Crippen LogP) is 18.8. The van der Waals surface area contributed by atoms with E-state index >= 15 is 0 Å². The minimum atomic E-state index is -0.702. The van der Waals surface area contributed by atoms with Crippen LogP contribution >= 0.6 is 46.4 Å².